The van der Waals surface area contributed by atoms with Crippen molar-refractivity contribution in [3.05, 3.63) is 60.3 Å². The molecule has 0 amide bonds. The highest BCUT2D eigenvalue weighted by molar-refractivity contribution is 6.03. The lowest BCUT2D eigenvalue weighted by molar-refractivity contribution is 0.354. The molecule has 0 aliphatic carbocycles. The number of rotatable bonds is 4. The maximum atomic E-state index is 4.51. The second-order valence-electron chi connectivity index (χ2n) is 4.36. The number of aliphatic imine (C=N–C) groups is 2. The molecule has 98 valence electrons. The lowest BCUT2D eigenvalue weighted by Gasteiger charge is -2.27. The van der Waals surface area contributed by atoms with Crippen LogP contribution in [0.1, 0.15) is 11.1 Å². The van der Waals surface area contributed by atoms with E-state index in [-0.39, 0.29) is 0 Å². The van der Waals surface area contributed by atoms with E-state index in [0.29, 0.717) is 18.9 Å². The third-order valence-electron chi connectivity index (χ3n) is 2.79. The molecule has 0 spiro atoms. The van der Waals surface area contributed by atoms with Crippen LogP contribution in [0.5, 0.6) is 0 Å². The van der Waals surface area contributed by atoms with Gasteiger partial charge in [-0.15, -0.1) is 6.58 Å². The second kappa shape index (κ2) is 6.00. The number of hydrogen-bond donors (Lipinski definition) is 1. The van der Waals surface area contributed by atoms with Gasteiger partial charge in [0.2, 0.25) is 0 Å². The fourth-order valence-electron chi connectivity index (χ4n) is 1.83. The van der Waals surface area contributed by atoms with Gasteiger partial charge in [0.15, 0.2) is 5.84 Å². The number of amidine groups is 1. The van der Waals surface area contributed by atoms with Crippen LogP contribution in [-0.4, -0.2) is 23.7 Å². The molecule has 19 heavy (non-hydrogen) atoms. The maximum absolute atomic E-state index is 4.51. The molecule has 2 rings (SSSR count). The van der Waals surface area contributed by atoms with E-state index in [0.717, 1.165) is 5.70 Å². The van der Waals surface area contributed by atoms with Gasteiger partial charge in [-0.2, -0.15) is 0 Å². The molecule has 0 fully saturated rings. The summed E-state index contributed by atoms with van der Waals surface area (Å²) in [5.74, 6) is 0.655. The SMILES string of the molecule is C=CCN1NC=NC(=NCc2cccc(C)c2)C1=C. The maximum Gasteiger partial charge on any atom is 0.174 e. The first kappa shape index (κ1) is 13.1. The predicted octanol–water partition coefficient (Wildman–Crippen LogP) is 2.44. The number of nitrogens with zero attached hydrogens (tertiary/aromatic N) is 3. The van der Waals surface area contributed by atoms with Crippen molar-refractivity contribution in [2.45, 2.75) is 13.5 Å². The first-order valence-corrected chi connectivity index (χ1v) is 6.17. The molecule has 0 saturated carbocycles. The number of hydrazine groups is 1. The number of nitrogens with one attached hydrogen (secondary N) is 1. The monoisotopic (exact) mass is 254 g/mol. The summed E-state index contributed by atoms with van der Waals surface area (Å²) in [5, 5.41) is 1.86. The van der Waals surface area contributed by atoms with Gasteiger partial charge in [0.25, 0.3) is 0 Å². The van der Waals surface area contributed by atoms with E-state index >= 15 is 0 Å². The lowest BCUT2D eigenvalue weighted by atomic mass is 10.1. The summed E-state index contributed by atoms with van der Waals surface area (Å²) < 4.78 is 0. The van der Waals surface area contributed by atoms with E-state index in [4.69, 9.17) is 0 Å². The van der Waals surface area contributed by atoms with Crippen molar-refractivity contribution in [1.29, 1.82) is 0 Å². The smallest absolute Gasteiger partial charge is 0.174 e. The zero-order valence-corrected chi connectivity index (χ0v) is 11.1. The van der Waals surface area contributed by atoms with Gasteiger partial charge in [-0.25, -0.2) is 4.99 Å². The van der Waals surface area contributed by atoms with Crippen molar-refractivity contribution in [3.8, 4) is 0 Å². The summed E-state index contributed by atoms with van der Waals surface area (Å²) in [6.45, 7) is 11.0. The van der Waals surface area contributed by atoms with Gasteiger partial charge in [0.05, 0.1) is 18.8 Å². The third kappa shape index (κ3) is 3.31. The van der Waals surface area contributed by atoms with Crippen LogP contribution in [-0.2, 0) is 6.54 Å². The lowest BCUT2D eigenvalue weighted by Crippen LogP contribution is -2.41. The quantitative estimate of drug-likeness (QED) is 0.838. The average molecular weight is 254 g/mol. The Morgan fingerprint density at radius 2 is 2.32 bits per heavy atom. The summed E-state index contributed by atoms with van der Waals surface area (Å²) in [6, 6.07) is 8.30. The standard InChI is InChI=1S/C15H18N4/c1-4-8-19-13(3)15(17-11-18-19)16-10-14-7-5-6-12(2)9-14/h4-7,9,11H,1,3,8,10H2,2H3,(H,16,17,18). The molecule has 1 aromatic carbocycles. The fraction of sp³-hybridized carbons (Fsp3) is 0.200. The first-order chi connectivity index (χ1) is 9.20. The molecular formula is C15H18N4. The fourth-order valence-corrected chi connectivity index (χ4v) is 1.83. The molecule has 4 nitrogen and oxygen atoms in total. The summed E-state index contributed by atoms with van der Waals surface area (Å²) in [7, 11) is 0. The van der Waals surface area contributed by atoms with Crippen molar-refractivity contribution in [3.63, 3.8) is 0 Å². The average Bonchev–Trinajstić information content (AvgIpc) is 2.40. The zero-order valence-electron chi connectivity index (χ0n) is 11.1. The van der Waals surface area contributed by atoms with Crippen LogP contribution in [0, 0.1) is 6.92 Å². The highest BCUT2D eigenvalue weighted by Gasteiger charge is 2.14. The van der Waals surface area contributed by atoms with E-state index in [9.17, 15) is 0 Å². The Hall–Kier alpha value is -2.36. The van der Waals surface area contributed by atoms with Crippen LogP contribution in [0.4, 0.5) is 0 Å². The van der Waals surface area contributed by atoms with Gasteiger partial charge in [-0.05, 0) is 12.5 Å². The van der Waals surface area contributed by atoms with Crippen LogP contribution >= 0.6 is 0 Å². The van der Waals surface area contributed by atoms with Crippen LogP contribution in [0.15, 0.2) is 59.2 Å². The van der Waals surface area contributed by atoms with Crippen molar-refractivity contribution in [2.24, 2.45) is 9.98 Å². The number of aryl methyl sites for hydroxylation is 1. The van der Waals surface area contributed by atoms with E-state index in [2.05, 4.69) is 53.7 Å². The Labute approximate surface area is 113 Å². The normalized spacial score (nSPS) is 16.6. The van der Waals surface area contributed by atoms with Gasteiger partial charge in [0, 0.05) is 0 Å². The van der Waals surface area contributed by atoms with E-state index in [1.165, 1.54) is 11.1 Å². The molecule has 4 heteroatoms. The largest absolute Gasteiger partial charge is 0.287 e. The van der Waals surface area contributed by atoms with Crippen LogP contribution in [0.2, 0.25) is 0 Å². The molecule has 0 bridgehead atoms. The minimum absolute atomic E-state index is 0.606. The topological polar surface area (TPSA) is 40.0 Å². The van der Waals surface area contributed by atoms with E-state index in [1.54, 1.807) is 12.4 Å². The minimum Gasteiger partial charge on any atom is -0.287 e. The van der Waals surface area contributed by atoms with Gasteiger partial charge >= 0.3 is 0 Å². The first-order valence-electron chi connectivity index (χ1n) is 6.17. The molecule has 1 aliphatic rings. The Bertz CT molecular complexity index is 543. The molecule has 1 aliphatic heterocycles. The molecular weight excluding hydrogens is 236 g/mol. The van der Waals surface area contributed by atoms with Crippen LogP contribution in [0.3, 0.4) is 0 Å². The molecule has 0 radical (unpaired) electrons. The van der Waals surface area contributed by atoms with E-state index in [1.807, 2.05) is 11.1 Å². The van der Waals surface area contributed by atoms with Gasteiger partial charge < -0.3 is 0 Å². The molecule has 0 unspecified atom stereocenters. The Morgan fingerprint density at radius 1 is 1.47 bits per heavy atom. The number of hydrogen-bond acceptors (Lipinski definition) is 3. The second-order valence-corrected chi connectivity index (χ2v) is 4.36. The molecule has 1 aromatic rings. The highest BCUT2D eigenvalue weighted by Crippen LogP contribution is 2.10. The summed E-state index contributed by atoms with van der Waals surface area (Å²) >= 11 is 0. The third-order valence-corrected chi connectivity index (χ3v) is 2.79. The van der Waals surface area contributed by atoms with Crippen molar-refractivity contribution >= 4 is 12.2 Å². The molecule has 0 aromatic heterocycles. The van der Waals surface area contributed by atoms with Crippen LogP contribution < -0.4 is 5.43 Å². The Kier molecular flexibility index (Phi) is 4.13. The minimum atomic E-state index is 0.606. The van der Waals surface area contributed by atoms with Gasteiger partial charge in [0.1, 0.15) is 6.34 Å². The van der Waals surface area contributed by atoms with Crippen molar-refractivity contribution in [1.82, 2.24) is 10.4 Å². The Morgan fingerprint density at radius 3 is 3.05 bits per heavy atom. The van der Waals surface area contributed by atoms with Gasteiger partial charge in [-0.1, -0.05) is 42.5 Å². The molecule has 1 N–H and O–H groups in total. The molecule has 0 saturated heterocycles. The van der Waals surface area contributed by atoms with Crippen LogP contribution in [0.25, 0.3) is 0 Å². The zero-order chi connectivity index (χ0) is 13.7. The van der Waals surface area contributed by atoms with Crippen molar-refractivity contribution < 1.29 is 0 Å². The number of benzene rings is 1. The summed E-state index contributed by atoms with van der Waals surface area (Å²) in [4.78, 5) is 8.73. The molecule has 0 atom stereocenters. The highest BCUT2D eigenvalue weighted by atomic mass is 15.5. The summed E-state index contributed by atoms with van der Waals surface area (Å²) in [6.07, 6.45) is 3.42. The molecule has 1 heterocycles. The Balaban J connectivity index is 2.10. The van der Waals surface area contributed by atoms with E-state index < -0.39 is 0 Å². The predicted molar refractivity (Wildman–Crippen MR) is 80.0 cm³/mol. The van der Waals surface area contributed by atoms with Crippen molar-refractivity contribution in [2.75, 3.05) is 6.54 Å². The summed E-state index contributed by atoms with van der Waals surface area (Å²) in [5.41, 5.74) is 6.16. The van der Waals surface area contributed by atoms with Gasteiger partial charge in [-0.3, -0.25) is 15.4 Å².